The van der Waals surface area contributed by atoms with E-state index < -0.39 is 0 Å². The van der Waals surface area contributed by atoms with E-state index in [1.807, 2.05) is 55.5 Å². The smallest absolute Gasteiger partial charge is 0.322 e. The van der Waals surface area contributed by atoms with Crippen LogP contribution in [0.15, 0.2) is 79.0 Å². The number of H-pyrrole nitrogens is 1. The molecule has 1 heterocycles. The summed E-state index contributed by atoms with van der Waals surface area (Å²) in [5, 5.41) is 10.4. The minimum atomic E-state index is -0.194. The molecule has 0 saturated carbocycles. The number of nitrogens with zero attached hydrogens (tertiary/aromatic N) is 2. The molecule has 0 spiro atoms. The predicted octanol–water partition coefficient (Wildman–Crippen LogP) is 6.28. The number of benzene rings is 3. The summed E-state index contributed by atoms with van der Waals surface area (Å²) >= 11 is 0. The molecule has 0 radical (unpaired) electrons. The van der Waals surface area contributed by atoms with E-state index in [9.17, 15) is 4.79 Å². The minimum Gasteiger partial charge on any atom is -0.497 e. The van der Waals surface area contributed by atoms with Crippen LogP contribution < -0.4 is 14.8 Å². The number of aromatic nitrogens is 2. The van der Waals surface area contributed by atoms with Crippen LogP contribution in [0.3, 0.4) is 0 Å². The highest BCUT2D eigenvalue weighted by Gasteiger charge is 2.19. The summed E-state index contributed by atoms with van der Waals surface area (Å²) in [6.45, 7) is 5.51. The van der Waals surface area contributed by atoms with Gasteiger partial charge in [0.15, 0.2) is 0 Å². The number of aromatic amines is 1. The van der Waals surface area contributed by atoms with E-state index >= 15 is 0 Å². The van der Waals surface area contributed by atoms with Crippen molar-refractivity contribution in [1.82, 2.24) is 15.1 Å². The molecule has 2 N–H and O–H groups in total. The van der Waals surface area contributed by atoms with E-state index in [2.05, 4.69) is 46.7 Å². The van der Waals surface area contributed by atoms with Crippen LogP contribution in [0.5, 0.6) is 11.5 Å². The van der Waals surface area contributed by atoms with Crippen molar-refractivity contribution in [3.05, 3.63) is 95.7 Å². The van der Waals surface area contributed by atoms with Crippen LogP contribution in [0.25, 0.3) is 11.3 Å². The number of anilines is 1. The summed E-state index contributed by atoms with van der Waals surface area (Å²) in [6.07, 6.45) is 2.75. The van der Waals surface area contributed by atoms with Crippen LogP contribution in [0.2, 0.25) is 0 Å². The zero-order valence-corrected chi connectivity index (χ0v) is 21.0. The number of hydrogen-bond acceptors (Lipinski definition) is 4. The topological polar surface area (TPSA) is 79.5 Å². The summed E-state index contributed by atoms with van der Waals surface area (Å²) < 4.78 is 10.8. The van der Waals surface area contributed by atoms with Gasteiger partial charge in [0.1, 0.15) is 11.5 Å². The number of methoxy groups -OCH3 is 1. The molecule has 0 fully saturated rings. The maximum Gasteiger partial charge on any atom is 0.322 e. The first kappa shape index (κ1) is 24.9. The van der Waals surface area contributed by atoms with E-state index in [0.717, 1.165) is 40.3 Å². The predicted molar refractivity (Wildman–Crippen MR) is 142 cm³/mol. The molecule has 0 bridgehead atoms. The van der Waals surface area contributed by atoms with Gasteiger partial charge in [-0.2, -0.15) is 5.10 Å². The molecule has 3 aromatic carbocycles. The fourth-order valence-electron chi connectivity index (χ4n) is 3.95. The molecule has 2 amide bonds. The van der Waals surface area contributed by atoms with Gasteiger partial charge >= 0.3 is 6.03 Å². The second-order valence-electron chi connectivity index (χ2n) is 8.41. The Kier molecular flexibility index (Phi) is 8.24. The average molecular weight is 485 g/mol. The first-order chi connectivity index (χ1) is 17.6. The number of aryl methyl sites for hydroxylation is 1. The number of amides is 2. The zero-order chi connectivity index (χ0) is 25.3. The van der Waals surface area contributed by atoms with Gasteiger partial charge in [0.05, 0.1) is 32.2 Å². The quantitative estimate of drug-likeness (QED) is 0.278. The molecular formula is C29H32N4O3. The fraction of sp³-hybridized carbons (Fsp3) is 0.241. The van der Waals surface area contributed by atoms with Crippen LogP contribution >= 0.6 is 0 Å². The Morgan fingerprint density at radius 3 is 2.19 bits per heavy atom. The lowest BCUT2D eigenvalue weighted by Crippen LogP contribution is -2.34. The Hall–Kier alpha value is -4.26. The Labute approximate surface area is 212 Å². The highest BCUT2D eigenvalue weighted by Crippen LogP contribution is 2.26. The van der Waals surface area contributed by atoms with Crippen molar-refractivity contribution in [1.29, 1.82) is 0 Å². The molecule has 4 aromatic rings. The van der Waals surface area contributed by atoms with Crippen LogP contribution in [0, 0.1) is 0 Å². The minimum absolute atomic E-state index is 0.194. The van der Waals surface area contributed by atoms with E-state index in [4.69, 9.17) is 9.47 Å². The van der Waals surface area contributed by atoms with Crippen molar-refractivity contribution in [2.75, 3.05) is 19.0 Å². The Morgan fingerprint density at radius 2 is 1.56 bits per heavy atom. The first-order valence-corrected chi connectivity index (χ1v) is 12.1. The molecule has 0 saturated heterocycles. The van der Waals surface area contributed by atoms with Gasteiger partial charge in [-0.1, -0.05) is 31.2 Å². The third-order valence-corrected chi connectivity index (χ3v) is 5.97. The van der Waals surface area contributed by atoms with E-state index in [1.165, 1.54) is 5.56 Å². The Morgan fingerprint density at radius 1 is 0.889 bits per heavy atom. The van der Waals surface area contributed by atoms with Crippen LogP contribution in [-0.2, 0) is 19.5 Å². The summed E-state index contributed by atoms with van der Waals surface area (Å²) in [7, 11) is 1.64. The molecule has 0 atom stereocenters. The van der Waals surface area contributed by atoms with Crippen molar-refractivity contribution >= 4 is 11.7 Å². The summed E-state index contributed by atoms with van der Waals surface area (Å²) in [5.41, 5.74) is 5.80. The van der Waals surface area contributed by atoms with Crippen molar-refractivity contribution in [2.45, 2.75) is 33.4 Å². The Bertz CT molecular complexity index is 1250. The highest BCUT2D eigenvalue weighted by molar-refractivity contribution is 5.89. The van der Waals surface area contributed by atoms with Gasteiger partial charge in [-0.05, 0) is 73.0 Å². The van der Waals surface area contributed by atoms with E-state index in [-0.39, 0.29) is 6.03 Å². The normalized spacial score (nSPS) is 10.6. The number of rotatable bonds is 10. The zero-order valence-electron chi connectivity index (χ0n) is 21.0. The van der Waals surface area contributed by atoms with Crippen LogP contribution in [-0.4, -0.2) is 34.8 Å². The summed E-state index contributed by atoms with van der Waals surface area (Å²) in [4.78, 5) is 15.2. The number of ether oxygens (including phenoxy) is 2. The monoisotopic (exact) mass is 484 g/mol. The van der Waals surface area contributed by atoms with Gasteiger partial charge in [-0.3, -0.25) is 5.10 Å². The second kappa shape index (κ2) is 11.9. The molecule has 36 heavy (non-hydrogen) atoms. The molecule has 1 aromatic heterocycles. The molecular weight excluding hydrogens is 452 g/mol. The molecule has 7 heteroatoms. The number of nitrogens with one attached hydrogen (secondary N) is 2. The number of hydrogen-bond donors (Lipinski definition) is 2. The lowest BCUT2D eigenvalue weighted by Gasteiger charge is -2.24. The van der Waals surface area contributed by atoms with Crippen molar-refractivity contribution < 1.29 is 14.3 Å². The molecule has 0 aliphatic rings. The van der Waals surface area contributed by atoms with Gasteiger partial charge in [0.25, 0.3) is 0 Å². The lowest BCUT2D eigenvalue weighted by atomic mass is 10.1. The van der Waals surface area contributed by atoms with Gasteiger partial charge in [-0.25, -0.2) is 4.79 Å². The van der Waals surface area contributed by atoms with E-state index in [1.54, 1.807) is 18.2 Å². The van der Waals surface area contributed by atoms with E-state index in [0.29, 0.717) is 25.4 Å². The third-order valence-electron chi connectivity index (χ3n) is 5.97. The molecule has 7 nitrogen and oxygen atoms in total. The summed E-state index contributed by atoms with van der Waals surface area (Å²) in [6, 6.07) is 23.3. The standard InChI is InChI=1S/C29H32N4O3/c1-4-21-6-8-22(9-7-21)19-33(29(34)31-25-12-16-27(17-13-25)36-5-2)20-24-18-30-32-28(24)23-10-14-26(35-3)15-11-23/h6-18H,4-5,19-20H2,1-3H3,(H,30,32)(H,31,34). The largest absolute Gasteiger partial charge is 0.497 e. The van der Waals surface area contributed by atoms with Gasteiger partial charge < -0.3 is 19.7 Å². The first-order valence-electron chi connectivity index (χ1n) is 12.1. The third kappa shape index (κ3) is 6.24. The second-order valence-corrected chi connectivity index (χ2v) is 8.41. The number of carbonyl (C=O) groups excluding carboxylic acids is 1. The van der Waals surface area contributed by atoms with Gasteiger partial charge in [-0.15, -0.1) is 0 Å². The summed E-state index contributed by atoms with van der Waals surface area (Å²) in [5.74, 6) is 1.55. The Balaban J connectivity index is 1.57. The molecule has 186 valence electrons. The average Bonchev–Trinajstić information content (AvgIpc) is 3.38. The maximum atomic E-state index is 13.4. The fourth-order valence-corrected chi connectivity index (χ4v) is 3.95. The molecule has 0 unspecified atom stereocenters. The van der Waals surface area contributed by atoms with Crippen molar-refractivity contribution in [3.63, 3.8) is 0 Å². The van der Waals surface area contributed by atoms with Crippen molar-refractivity contribution in [3.8, 4) is 22.8 Å². The van der Waals surface area contributed by atoms with Crippen LogP contribution in [0.1, 0.15) is 30.5 Å². The SMILES string of the molecule is CCOc1ccc(NC(=O)N(Cc2ccc(CC)cc2)Cc2cn[nH]c2-c2ccc(OC)cc2)cc1. The lowest BCUT2D eigenvalue weighted by molar-refractivity contribution is 0.206. The highest BCUT2D eigenvalue weighted by atomic mass is 16.5. The van der Waals surface area contributed by atoms with Crippen LogP contribution in [0.4, 0.5) is 10.5 Å². The van der Waals surface area contributed by atoms with Gasteiger partial charge in [0.2, 0.25) is 0 Å². The molecule has 4 rings (SSSR count). The molecule has 0 aliphatic heterocycles. The number of urea groups is 1. The molecule has 0 aliphatic carbocycles. The number of carbonyl (C=O) groups is 1. The van der Waals surface area contributed by atoms with Gasteiger partial charge in [0, 0.05) is 23.4 Å². The van der Waals surface area contributed by atoms with Crippen molar-refractivity contribution in [2.24, 2.45) is 0 Å². The maximum absolute atomic E-state index is 13.4.